The number of ether oxygens (including phenoxy) is 1. The second-order valence-corrected chi connectivity index (χ2v) is 6.28. The average molecular weight is 346 g/mol. The molecule has 0 fully saturated rings. The van der Waals surface area contributed by atoms with Gasteiger partial charge in [-0.1, -0.05) is 6.07 Å². The lowest BCUT2D eigenvalue weighted by atomic mass is 10.1. The van der Waals surface area contributed by atoms with Crippen LogP contribution in [-0.2, 0) is 9.53 Å². The van der Waals surface area contributed by atoms with Crippen molar-refractivity contribution in [3.63, 3.8) is 0 Å². The molecule has 0 aliphatic heterocycles. The fraction of sp³-hybridized carbons (Fsp3) is 0.235. The fourth-order valence-corrected chi connectivity index (χ4v) is 2.76. The third-order valence-electron chi connectivity index (χ3n) is 3.56. The molecule has 0 unspecified atom stereocenters. The van der Waals surface area contributed by atoms with E-state index in [1.165, 1.54) is 24.3 Å². The molecule has 0 bridgehead atoms. The van der Waals surface area contributed by atoms with Gasteiger partial charge in [0.1, 0.15) is 5.00 Å². The number of nitrogens with one attached hydrogen (secondary N) is 1. The molecule has 2 amide bonds. The van der Waals surface area contributed by atoms with Gasteiger partial charge in [0, 0.05) is 0 Å². The van der Waals surface area contributed by atoms with Gasteiger partial charge in [0.2, 0.25) is 0 Å². The van der Waals surface area contributed by atoms with Crippen LogP contribution in [0.4, 0.5) is 5.00 Å². The summed E-state index contributed by atoms with van der Waals surface area (Å²) in [7, 11) is 0. The molecule has 2 rings (SSSR count). The van der Waals surface area contributed by atoms with Crippen LogP contribution in [0.25, 0.3) is 0 Å². The minimum Gasteiger partial charge on any atom is -0.449 e. The van der Waals surface area contributed by atoms with E-state index < -0.39 is 23.9 Å². The van der Waals surface area contributed by atoms with E-state index in [9.17, 15) is 14.4 Å². The van der Waals surface area contributed by atoms with Crippen molar-refractivity contribution in [2.75, 3.05) is 5.32 Å². The van der Waals surface area contributed by atoms with E-state index in [0.717, 1.165) is 11.1 Å². The zero-order valence-electron chi connectivity index (χ0n) is 13.6. The van der Waals surface area contributed by atoms with Crippen LogP contribution in [0, 0.1) is 13.8 Å². The van der Waals surface area contributed by atoms with Gasteiger partial charge >= 0.3 is 5.97 Å². The number of hydrogen-bond donors (Lipinski definition) is 2. The van der Waals surface area contributed by atoms with E-state index in [1.54, 1.807) is 17.5 Å². The number of carbonyl (C=O) groups excluding carboxylic acids is 3. The summed E-state index contributed by atoms with van der Waals surface area (Å²) >= 11 is 1.17. The van der Waals surface area contributed by atoms with Gasteiger partial charge in [0.05, 0.1) is 11.1 Å². The summed E-state index contributed by atoms with van der Waals surface area (Å²) < 4.78 is 5.18. The number of carbonyl (C=O) groups is 3. The van der Waals surface area contributed by atoms with Gasteiger partial charge in [-0.3, -0.25) is 9.59 Å². The molecular weight excluding hydrogens is 328 g/mol. The van der Waals surface area contributed by atoms with Crippen LogP contribution >= 0.6 is 11.3 Å². The quantitative estimate of drug-likeness (QED) is 0.813. The summed E-state index contributed by atoms with van der Waals surface area (Å²) in [5.74, 6) is -1.74. The number of hydrogen-bond acceptors (Lipinski definition) is 5. The Morgan fingerprint density at radius 3 is 2.50 bits per heavy atom. The van der Waals surface area contributed by atoms with Crippen LogP contribution < -0.4 is 11.1 Å². The van der Waals surface area contributed by atoms with Gasteiger partial charge in [-0.05, 0) is 55.5 Å². The van der Waals surface area contributed by atoms with Crippen LogP contribution in [-0.4, -0.2) is 23.9 Å². The molecule has 1 heterocycles. The lowest BCUT2D eigenvalue weighted by molar-refractivity contribution is -0.123. The second kappa shape index (κ2) is 7.27. The minimum absolute atomic E-state index is 0.223. The van der Waals surface area contributed by atoms with Crippen molar-refractivity contribution >= 4 is 34.1 Å². The van der Waals surface area contributed by atoms with Crippen molar-refractivity contribution in [2.45, 2.75) is 26.9 Å². The Balaban J connectivity index is 2.03. The number of benzene rings is 1. The molecule has 6 nitrogen and oxygen atoms in total. The number of esters is 1. The van der Waals surface area contributed by atoms with E-state index >= 15 is 0 Å². The number of amides is 2. The molecule has 1 atom stereocenters. The predicted molar refractivity (Wildman–Crippen MR) is 92.3 cm³/mol. The number of aryl methyl sites for hydroxylation is 2. The summed E-state index contributed by atoms with van der Waals surface area (Å²) in [6.45, 7) is 5.30. The van der Waals surface area contributed by atoms with Gasteiger partial charge in [-0.25, -0.2) is 4.79 Å². The summed E-state index contributed by atoms with van der Waals surface area (Å²) in [6.07, 6.45) is -1.01. The first-order chi connectivity index (χ1) is 11.3. The maximum Gasteiger partial charge on any atom is 0.338 e. The Morgan fingerprint density at radius 2 is 1.88 bits per heavy atom. The standard InChI is InChI=1S/C17H18N2O4S/c1-9-4-5-12(8-10(9)2)17(22)23-11(3)15(21)19-16-13(14(18)20)6-7-24-16/h4-8,11H,1-3H3,(H2,18,20)(H,19,21)/t11-/m0/s1. The van der Waals surface area contributed by atoms with Crippen LogP contribution in [0.3, 0.4) is 0 Å². The first-order valence-corrected chi connectivity index (χ1v) is 8.14. The van der Waals surface area contributed by atoms with E-state index in [1.807, 2.05) is 19.9 Å². The Morgan fingerprint density at radius 1 is 1.17 bits per heavy atom. The van der Waals surface area contributed by atoms with Gasteiger partial charge < -0.3 is 15.8 Å². The highest BCUT2D eigenvalue weighted by atomic mass is 32.1. The molecule has 0 aliphatic carbocycles. The molecule has 7 heteroatoms. The minimum atomic E-state index is -1.01. The number of nitrogens with two attached hydrogens (primary N) is 1. The molecule has 0 aliphatic rings. The highest BCUT2D eigenvalue weighted by Gasteiger charge is 2.21. The van der Waals surface area contributed by atoms with Crippen molar-refractivity contribution in [1.29, 1.82) is 0 Å². The van der Waals surface area contributed by atoms with Gasteiger partial charge in [0.15, 0.2) is 6.10 Å². The third-order valence-corrected chi connectivity index (χ3v) is 4.39. The number of primary amides is 1. The van der Waals surface area contributed by atoms with Crippen molar-refractivity contribution < 1.29 is 19.1 Å². The molecule has 1 aromatic heterocycles. The lowest BCUT2D eigenvalue weighted by Crippen LogP contribution is -2.30. The van der Waals surface area contributed by atoms with E-state index in [0.29, 0.717) is 10.6 Å². The molecule has 0 spiro atoms. The lowest BCUT2D eigenvalue weighted by Gasteiger charge is -2.14. The number of rotatable bonds is 5. The van der Waals surface area contributed by atoms with Crippen LogP contribution in [0.5, 0.6) is 0 Å². The molecule has 0 saturated heterocycles. The molecule has 24 heavy (non-hydrogen) atoms. The topological polar surface area (TPSA) is 98.5 Å². The summed E-state index contributed by atoms with van der Waals surface area (Å²) in [5, 5.41) is 4.53. The molecular formula is C17H18N2O4S. The predicted octanol–water partition coefficient (Wildman–Crippen LogP) is 2.65. The third kappa shape index (κ3) is 3.99. The molecule has 0 saturated carbocycles. The maximum absolute atomic E-state index is 12.1. The van der Waals surface area contributed by atoms with Crippen LogP contribution in [0.2, 0.25) is 0 Å². The number of thiophene rings is 1. The molecule has 0 radical (unpaired) electrons. The van der Waals surface area contributed by atoms with E-state index in [-0.39, 0.29) is 5.56 Å². The summed E-state index contributed by atoms with van der Waals surface area (Å²) in [5.41, 5.74) is 7.86. The van der Waals surface area contributed by atoms with Crippen molar-refractivity contribution in [3.8, 4) is 0 Å². The first-order valence-electron chi connectivity index (χ1n) is 7.26. The largest absolute Gasteiger partial charge is 0.449 e. The zero-order chi connectivity index (χ0) is 17.9. The fourth-order valence-electron chi connectivity index (χ4n) is 1.96. The summed E-state index contributed by atoms with van der Waals surface area (Å²) in [4.78, 5) is 35.5. The Hall–Kier alpha value is -2.67. The second-order valence-electron chi connectivity index (χ2n) is 5.36. The van der Waals surface area contributed by atoms with Crippen molar-refractivity contribution in [3.05, 3.63) is 51.9 Å². The van der Waals surface area contributed by atoms with E-state index in [2.05, 4.69) is 5.32 Å². The number of anilines is 1. The first kappa shape index (κ1) is 17.7. The van der Waals surface area contributed by atoms with Gasteiger partial charge in [-0.2, -0.15) is 0 Å². The monoisotopic (exact) mass is 346 g/mol. The normalized spacial score (nSPS) is 11.6. The Labute approximate surface area is 143 Å². The van der Waals surface area contributed by atoms with Crippen molar-refractivity contribution in [2.24, 2.45) is 5.73 Å². The molecule has 2 aromatic rings. The van der Waals surface area contributed by atoms with Gasteiger partial charge in [0.25, 0.3) is 11.8 Å². The van der Waals surface area contributed by atoms with Crippen LogP contribution in [0.15, 0.2) is 29.6 Å². The molecule has 3 N–H and O–H groups in total. The van der Waals surface area contributed by atoms with E-state index in [4.69, 9.17) is 10.5 Å². The highest BCUT2D eigenvalue weighted by molar-refractivity contribution is 7.14. The van der Waals surface area contributed by atoms with Crippen LogP contribution in [0.1, 0.15) is 38.8 Å². The highest BCUT2D eigenvalue weighted by Crippen LogP contribution is 2.23. The smallest absolute Gasteiger partial charge is 0.338 e. The Kier molecular flexibility index (Phi) is 5.35. The van der Waals surface area contributed by atoms with Crippen molar-refractivity contribution in [1.82, 2.24) is 0 Å². The maximum atomic E-state index is 12.1. The summed E-state index contributed by atoms with van der Waals surface area (Å²) in [6, 6.07) is 6.71. The molecule has 126 valence electrons. The molecule has 1 aromatic carbocycles. The van der Waals surface area contributed by atoms with Gasteiger partial charge in [-0.15, -0.1) is 11.3 Å². The zero-order valence-corrected chi connectivity index (χ0v) is 14.4. The Bertz CT molecular complexity index is 798. The average Bonchev–Trinajstić information content (AvgIpc) is 2.98. The SMILES string of the molecule is Cc1ccc(C(=O)O[C@@H](C)C(=O)Nc2sccc2C(N)=O)cc1C.